The lowest BCUT2D eigenvalue weighted by Gasteiger charge is -2.32. The second-order valence-electron chi connectivity index (χ2n) is 9.20. The molecule has 37 heavy (non-hydrogen) atoms. The maximum atomic E-state index is 13.6. The zero-order valence-electron chi connectivity index (χ0n) is 21.1. The van der Waals surface area contributed by atoms with Crippen LogP contribution in [0.1, 0.15) is 53.1 Å². The summed E-state index contributed by atoms with van der Waals surface area (Å²) in [5, 5.41) is 3.54. The van der Waals surface area contributed by atoms with Gasteiger partial charge in [0.25, 0.3) is 0 Å². The van der Waals surface area contributed by atoms with E-state index in [1.165, 1.54) is 18.0 Å². The van der Waals surface area contributed by atoms with E-state index in [4.69, 9.17) is 24.5 Å². The third kappa shape index (κ3) is 6.06. The molecule has 1 amide bonds. The first-order valence-corrected chi connectivity index (χ1v) is 11.2. The van der Waals surface area contributed by atoms with E-state index in [1.807, 2.05) is 0 Å². The lowest BCUT2D eigenvalue weighted by atomic mass is 10.0. The Morgan fingerprint density at radius 1 is 1.08 bits per heavy atom. The quantitative estimate of drug-likeness (QED) is 0.195. The number of likely N-dealkylation sites (tertiary alicyclic amines) is 1. The Labute approximate surface area is 211 Å². The zero-order valence-corrected chi connectivity index (χ0v) is 21.1. The van der Waals surface area contributed by atoms with E-state index in [1.54, 1.807) is 20.8 Å². The van der Waals surface area contributed by atoms with E-state index >= 15 is 0 Å². The first kappa shape index (κ1) is 27.2. The largest absolute Gasteiger partial charge is 0.464 e. The second-order valence-corrected chi connectivity index (χ2v) is 9.20. The highest BCUT2D eigenvalue weighted by Crippen LogP contribution is 2.44. The van der Waals surface area contributed by atoms with Crippen LogP contribution in [0.2, 0.25) is 0 Å². The minimum atomic E-state index is -1.24. The molecule has 1 saturated heterocycles. The zero-order chi connectivity index (χ0) is 27.5. The van der Waals surface area contributed by atoms with Crippen molar-refractivity contribution in [3.8, 4) is 0 Å². The summed E-state index contributed by atoms with van der Waals surface area (Å²) in [6.45, 7) is 8.10. The number of amides is 1. The molecule has 1 aliphatic heterocycles. The minimum absolute atomic E-state index is 0.00222. The molecular formula is C22H27N7O8. The molecule has 0 aliphatic carbocycles. The molecule has 4 unspecified atom stereocenters. The van der Waals surface area contributed by atoms with Crippen LogP contribution in [0.15, 0.2) is 17.6 Å². The Hall–Kier alpha value is -4.39. The SMILES string of the molecule is CC(=O)OCC1C(OC(C)=O)C(OC(C)=O)C(c2c[nH]c3c(N=[N+]=[N-])ncnc23)N1C(=O)OC(C)(C)C. The number of carbonyl (C=O) groups is 4. The maximum absolute atomic E-state index is 13.6. The Morgan fingerprint density at radius 2 is 1.73 bits per heavy atom. The molecule has 3 rings (SSSR count). The van der Waals surface area contributed by atoms with Crippen molar-refractivity contribution in [2.24, 2.45) is 5.11 Å². The van der Waals surface area contributed by atoms with Crippen molar-refractivity contribution in [3.05, 3.63) is 28.5 Å². The van der Waals surface area contributed by atoms with Crippen LogP contribution >= 0.6 is 0 Å². The number of H-pyrrole nitrogens is 1. The molecule has 2 aromatic heterocycles. The highest BCUT2D eigenvalue weighted by molar-refractivity contribution is 5.88. The summed E-state index contributed by atoms with van der Waals surface area (Å²) >= 11 is 0. The van der Waals surface area contributed by atoms with Crippen molar-refractivity contribution in [1.82, 2.24) is 19.9 Å². The van der Waals surface area contributed by atoms with Gasteiger partial charge < -0.3 is 23.9 Å². The normalized spacial score (nSPS) is 21.2. The van der Waals surface area contributed by atoms with Gasteiger partial charge in [-0.25, -0.2) is 14.8 Å². The van der Waals surface area contributed by atoms with Gasteiger partial charge in [0.15, 0.2) is 18.0 Å². The van der Waals surface area contributed by atoms with E-state index in [9.17, 15) is 19.2 Å². The molecule has 0 saturated carbocycles. The van der Waals surface area contributed by atoms with Crippen molar-refractivity contribution in [2.45, 2.75) is 71.4 Å². The van der Waals surface area contributed by atoms with Gasteiger partial charge in [0.2, 0.25) is 0 Å². The molecule has 1 fully saturated rings. The van der Waals surface area contributed by atoms with Gasteiger partial charge in [-0.15, -0.1) is 0 Å². The summed E-state index contributed by atoms with van der Waals surface area (Å²) in [6.07, 6.45) is -0.682. The summed E-state index contributed by atoms with van der Waals surface area (Å²) in [5.74, 6) is -2.07. The van der Waals surface area contributed by atoms with Crippen LogP contribution in [0, 0.1) is 0 Å². The van der Waals surface area contributed by atoms with Crippen LogP contribution < -0.4 is 0 Å². The summed E-state index contributed by atoms with van der Waals surface area (Å²) < 4.78 is 21.9. The standard InChI is InChI=1S/C22H27N7O8/c1-10(30)34-8-14-18(35-11(2)31)19(36-12(3)32)17(29(14)21(33)37-22(4,5)6)13-7-24-16-15(13)25-9-26-20(16)27-28-23/h7,9,14,17-19,24H,8H2,1-6H3. The number of carbonyl (C=O) groups excluding carboxylic acids is 4. The topological polar surface area (TPSA) is 199 Å². The number of nitrogens with one attached hydrogen (secondary N) is 1. The number of nitrogens with zero attached hydrogens (tertiary/aromatic N) is 6. The van der Waals surface area contributed by atoms with Crippen LogP contribution in [-0.4, -0.2) is 74.3 Å². The fourth-order valence-corrected chi connectivity index (χ4v) is 4.14. The molecular weight excluding hydrogens is 490 g/mol. The van der Waals surface area contributed by atoms with E-state index in [-0.39, 0.29) is 23.5 Å². The Balaban J connectivity index is 2.27. The Morgan fingerprint density at radius 3 is 2.30 bits per heavy atom. The molecule has 15 nitrogen and oxygen atoms in total. The van der Waals surface area contributed by atoms with Gasteiger partial charge in [-0.3, -0.25) is 19.3 Å². The Bertz CT molecular complexity index is 1260. The van der Waals surface area contributed by atoms with E-state index < -0.39 is 53.9 Å². The lowest BCUT2D eigenvalue weighted by Crippen LogP contribution is -2.47. The van der Waals surface area contributed by atoms with Crippen LogP contribution in [0.5, 0.6) is 0 Å². The fourth-order valence-electron chi connectivity index (χ4n) is 4.14. The van der Waals surface area contributed by atoms with E-state index in [0.717, 1.165) is 20.2 Å². The monoisotopic (exact) mass is 517 g/mol. The van der Waals surface area contributed by atoms with Crippen molar-refractivity contribution >= 4 is 40.9 Å². The number of aromatic amines is 1. The predicted octanol–water partition coefficient (Wildman–Crippen LogP) is 2.99. The van der Waals surface area contributed by atoms with Crippen molar-refractivity contribution in [2.75, 3.05) is 6.61 Å². The van der Waals surface area contributed by atoms with Gasteiger partial charge in [-0.1, -0.05) is 0 Å². The summed E-state index contributed by atoms with van der Waals surface area (Å²) in [7, 11) is 0. The molecule has 0 spiro atoms. The van der Waals surface area contributed by atoms with Gasteiger partial charge in [-0.2, -0.15) is 0 Å². The van der Waals surface area contributed by atoms with E-state index in [2.05, 4.69) is 25.0 Å². The van der Waals surface area contributed by atoms with Crippen LogP contribution in [0.3, 0.4) is 0 Å². The molecule has 0 radical (unpaired) electrons. The summed E-state index contributed by atoms with van der Waals surface area (Å²) in [5.41, 5.74) is 8.79. The molecule has 4 atom stereocenters. The number of ether oxygens (including phenoxy) is 4. The van der Waals surface area contributed by atoms with Crippen molar-refractivity contribution < 1.29 is 38.1 Å². The smallest absolute Gasteiger partial charge is 0.411 e. The average molecular weight is 517 g/mol. The van der Waals surface area contributed by atoms with Gasteiger partial charge in [0, 0.05) is 37.4 Å². The van der Waals surface area contributed by atoms with Crippen LogP contribution in [0.25, 0.3) is 21.5 Å². The fraction of sp³-hybridized carbons (Fsp3) is 0.545. The highest BCUT2D eigenvalue weighted by Gasteiger charge is 2.57. The van der Waals surface area contributed by atoms with Crippen molar-refractivity contribution in [1.29, 1.82) is 0 Å². The number of hydrogen-bond acceptors (Lipinski definition) is 11. The number of fused-ring (bicyclic) bond motifs is 1. The highest BCUT2D eigenvalue weighted by atomic mass is 16.6. The second kappa shape index (κ2) is 10.7. The number of rotatable bonds is 6. The predicted molar refractivity (Wildman–Crippen MR) is 125 cm³/mol. The number of esters is 3. The maximum Gasteiger partial charge on any atom is 0.411 e. The van der Waals surface area contributed by atoms with Gasteiger partial charge in [-0.05, 0) is 31.4 Å². The molecule has 2 aromatic rings. The third-order valence-corrected chi connectivity index (χ3v) is 5.27. The van der Waals surface area contributed by atoms with Gasteiger partial charge >= 0.3 is 24.0 Å². The molecule has 198 valence electrons. The molecule has 0 aromatic carbocycles. The minimum Gasteiger partial charge on any atom is -0.464 e. The first-order valence-electron chi connectivity index (χ1n) is 11.2. The average Bonchev–Trinajstić information content (AvgIpc) is 3.31. The van der Waals surface area contributed by atoms with Crippen molar-refractivity contribution in [3.63, 3.8) is 0 Å². The Kier molecular flexibility index (Phi) is 7.87. The number of azide groups is 1. The molecule has 15 heteroatoms. The summed E-state index contributed by atoms with van der Waals surface area (Å²) in [6, 6.07) is -2.22. The van der Waals surface area contributed by atoms with Crippen LogP contribution in [-0.2, 0) is 33.3 Å². The summed E-state index contributed by atoms with van der Waals surface area (Å²) in [4.78, 5) is 64.5. The number of hydrogen-bond donors (Lipinski definition) is 1. The lowest BCUT2D eigenvalue weighted by molar-refractivity contribution is -0.165. The third-order valence-electron chi connectivity index (χ3n) is 5.27. The molecule has 1 N–H and O–H groups in total. The van der Waals surface area contributed by atoms with E-state index in [0.29, 0.717) is 5.56 Å². The van der Waals surface area contributed by atoms with Crippen LogP contribution in [0.4, 0.5) is 10.6 Å². The van der Waals surface area contributed by atoms with Gasteiger partial charge in [0.05, 0.1) is 11.0 Å². The first-order chi connectivity index (χ1) is 17.3. The molecule has 0 bridgehead atoms. The molecule has 1 aliphatic rings. The van der Waals surface area contributed by atoms with Gasteiger partial charge in [0.1, 0.15) is 30.6 Å². The number of aromatic nitrogens is 3. The molecule has 3 heterocycles.